The van der Waals surface area contributed by atoms with Crippen LogP contribution in [0.2, 0.25) is 0 Å². The number of ether oxygens (including phenoxy) is 2. The van der Waals surface area contributed by atoms with Crippen LogP contribution in [0, 0.1) is 12.3 Å². The number of terminal acetylenes is 1. The standard InChI is InChI=1S/C24H29N7O5/c1-4-9-35-15-7-5-14(6-8-15)10-16(25)23(34)29-18-17(11-32)36-24(20(18)33)31-13-28-19-21(30(2)3)26-12-27-22(19)31/h1,5-8,12-13,16-18,20,24,32-33H,9-11,25H2,2-3H3,(H,29,34)/t16?,17-,18-,20-,24-/m1/s1. The predicted octanol–water partition coefficient (Wildman–Crippen LogP) is -0.790. The van der Waals surface area contributed by atoms with Crippen LogP contribution in [0.5, 0.6) is 5.75 Å². The van der Waals surface area contributed by atoms with E-state index >= 15 is 0 Å². The molecule has 5 atom stereocenters. The predicted molar refractivity (Wildman–Crippen MR) is 131 cm³/mol. The Bertz CT molecular complexity index is 1240. The lowest BCUT2D eigenvalue weighted by Gasteiger charge is -2.23. The largest absolute Gasteiger partial charge is 0.481 e. The number of imidazole rings is 1. The number of hydrogen-bond donors (Lipinski definition) is 4. The zero-order chi connectivity index (χ0) is 25.8. The summed E-state index contributed by atoms with van der Waals surface area (Å²) in [5.41, 5.74) is 7.94. The average molecular weight is 496 g/mol. The third-order valence-electron chi connectivity index (χ3n) is 5.94. The highest BCUT2D eigenvalue weighted by atomic mass is 16.5. The van der Waals surface area contributed by atoms with Crippen LogP contribution in [-0.4, -0.2) is 87.2 Å². The molecule has 1 amide bonds. The minimum atomic E-state index is -1.19. The number of anilines is 1. The summed E-state index contributed by atoms with van der Waals surface area (Å²) < 4.78 is 12.8. The molecule has 1 aromatic carbocycles. The van der Waals surface area contributed by atoms with Crippen LogP contribution in [0.1, 0.15) is 11.8 Å². The Hall–Kier alpha value is -3.76. The van der Waals surface area contributed by atoms with Gasteiger partial charge in [-0.3, -0.25) is 9.36 Å². The molecule has 12 nitrogen and oxygen atoms in total. The van der Waals surface area contributed by atoms with E-state index < -0.39 is 43.0 Å². The Kier molecular flexibility index (Phi) is 7.66. The molecule has 190 valence electrons. The summed E-state index contributed by atoms with van der Waals surface area (Å²) in [6.07, 6.45) is 5.34. The van der Waals surface area contributed by atoms with Crippen molar-refractivity contribution in [3.8, 4) is 18.1 Å². The number of rotatable bonds is 9. The molecule has 36 heavy (non-hydrogen) atoms. The number of aromatic nitrogens is 4. The summed E-state index contributed by atoms with van der Waals surface area (Å²) >= 11 is 0. The fourth-order valence-electron chi connectivity index (χ4n) is 4.12. The van der Waals surface area contributed by atoms with Gasteiger partial charge in [0, 0.05) is 14.1 Å². The second-order valence-corrected chi connectivity index (χ2v) is 8.64. The molecule has 4 rings (SSSR count). The van der Waals surface area contributed by atoms with Gasteiger partial charge in [-0.25, -0.2) is 15.0 Å². The lowest BCUT2D eigenvalue weighted by molar-refractivity contribution is -0.124. The van der Waals surface area contributed by atoms with Gasteiger partial charge in [0.2, 0.25) is 5.91 Å². The van der Waals surface area contributed by atoms with Gasteiger partial charge < -0.3 is 35.6 Å². The van der Waals surface area contributed by atoms with Crippen molar-refractivity contribution < 1.29 is 24.5 Å². The summed E-state index contributed by atoms with van der Waals surface area (Å²) in [6, 6.07) is 5.31. The molecule has 0 aliphatic carbocycles. The topological polar surface area (TPSA) is 161 Å². The maximum atomic E-state index is 12.9. The smallest absolute Gasteiger partial charge is 0.237 e. The van der Waals surface area contributed by atoms with Crippen molar-refractivity contribution >= 4 is 22.9 Å². The van der Waals surface area contributed by atoms with Gasteiger partial charge in [-0.2, -0.15) is 0 Å². The van der Waals surface area contributed by atoms with Gasteiger partial charge in [-0.1, -0.05) is 18.1 Å². The number of hydrogen-bond acceptors (Lipinski definition) is 10. The molecule has 0 bridgehead atoms. The Labute approximate surface area is 208 Å². The van der Waals surface area contributed by atoms with Crippen molar-refractivity contribution in [1.82, 2.24) is 24.8 Å². The molecule has 0 radical (unpaired) electrons. The number of benzene rings is 1. The fourth-order valence-corrected chi connectivity index (χ4v) is 4.12. The SMILES string of the molecule is C#CCOc1ccc(CC(N)C(=O)N[C@H]2[C@@H](O)[C@H](n3cnc4c(N(C)C)ncnc43)O[C@@H]2CO)cc1. The van der Waals surface area contributed by atoms with E-state index in [1.165, 1.54) is 12.7 Å². The van der Waals surface area contributed by atoms with E-state index in [9.17, 15) is 15.0 Å². The molecule has 2 aromatic heterocycles. The zero-order valence-corrected chi connectivity index (χ0v) is 20.0. The quantitative estimate of drug-likeness (QED) is 0.277. The summed E-state index contributed by atoms with van der Waals surface area (Å²) in [4.78, 5) is 27.5. The molecule has 0 spiro atoms. The molecule has 5 N–H and O–H groups in total. The molecule has 1 aliphatic rings. The van der Waals surface area contributed by atoms with Gasteiger partial charge in [0.25, 0.3) is 0 Å². The number of amides is 1. The lowest BCUT2D eigenvalue weighted by atomic mass is 10.0. The molecule has 12 heteroatoms. The minimum Gasteiger partial charge on any atom is -0.481 e. The zero-order valence-electron chi connectivity index (χ0n) is 20.0. The van der Waals surface area contributed by atoms with E-state index in [2.05, 4.69) is 26.2 Å². The van der Waals surface area contributed by atoms with Crippen molar-refractivity contribution in [2.45, 2.75) is 36.9 Å². The molecule has 3 heterocycles. The molecule has 1 unspecified atom stereocenters. The Morgan fingerprint density at radius 2 is 2.08 bits per heavy atom. The van der Waals surface area contributed by atoms with Gasteiger partial charge >= 0.3 is 0 Å². The number of carbonyl (C=O) groups excluding carboxylic acids is 1. The van der Waals surface area contributed by atoms with E-state index in [0.717, 1.165) is 5.56 Å². The number of carbonyl (C=O) groups is 1. The molecule has 1 aliphatic heterocycles. The normalized spacial score (nSPS) is 22.2. The molecule has 1 fully saturated rings. The van der Waals surface area contributed by atoms with Crippen molar-refractivity contribution in [2.75, 3.05) is 32.2 Å². The Morgan fingerprint density at radius 1 is 1.33 bits per heavy atom. The number of nitrogens with one attached hydrogen (secondary N) is 1. The van der Waals surface area contributed by atoms with Crippen LogP contribution in [0.3, 0.4) is 0 Å². The van der Waals surface area contributed by atoms with Crippen molar-refractivity contribution in [3.63, 3.8) is 0 Å². The average Bonchev–Trinajstić information content (AvgIpc) is 3.44. The molecule has 0 saturated carbocycles. The highest BCUT2D eigenvalue weighted by Gasteiger charge is 2.46. The summed E-state index contributed by atoms with van der Waals surface area (Å²) in [5.74, 6) is 3.14. The van der Waals surface area contributed by atoms with Crippen LogP contribution >= 0.6 is 0 Å². The Morgan fingerprint density at radius 3 is 2.75 bits per heavy atom. The van der Waals surface area contributed by atoms with Crippen LogP contribution < -0.4 is 20.7 Å². The third kappa shape index (κ3) is 5.09. The van der Waals surface area contributed by atoms with E-state index in [1.54, 1.807) is 33.7 Å². The van der Waals surface area contributed by atoms with E-state index in [1.807, 2.05) is 14.1 Å². The first-order valence-corrected chi connectivity index (χ1v) is 11.3. The van der Waals surface area contributed by atoms with Gasteiger partial charge in [-0.05, 0) is 24.1 Å². The van der Waals surface area contributed by atoms with Crippen molar-refractivity contribution in [1.29, 1.82) is 0 Å². The molecular formula is C24H29N7O5. The van der Waals surface area contributed by atoms with Crippen LogP contribution in [0.4, 0.5) is 5.82 Å². The van der Waals surface area contributed by atoms with Crippen molar-refractivity contribution in [3.05, 3.63) is 42.5 Å². The van der Waals surface area contributed by atoms with Gasteiger partial charge in [0.05, 0.1) is 25.0 Å². The maximum Gasteiger partial charge on any atom is 0.237 e. The molecule has 1 saturated heterocycles. The van der Waals surface area contributed by atoms with Gasteiger partial charge in [0.15, 0.2) is 23.2 Å². The minimum absolute atomic E-state index is 0.165. The number of fused-ring (bicyclic) bond motifs is 1. The van der Waals surface area contributed by atoms with Gasteiger partial charge in [0.1, 0.15) is 30.9 Å². The first-order chi connectivity index (χ1) is 17.3. The van der Waals surface area contributed by atoms with Crippen LogP contribution in [0.25, 0.3) is 11.2 Å². The summed E-state index contributed by atoms with van der Waals surface area (Å²) in [6.45, 7) is -0.254. The third-order valence-corrected chi connectivity index (χ3v) is 5.94. The highest BCUT2D eigenvalue weighted by Crippen LogP contribution is 2.32. The van der Waals surface area contributed by atoms with E-state index in [-0.39, 0.29) is 13.0 Å². The number of nitrogens with two attached hydrogens (primary N) is 1. The summed E-state index contributed by atoms with van der Waals surface area (Å²) in [5, 5.41) is 23.7. The Balaban J connectivity index is 1.45. The number of aliphatic hydroxyl groups is 2. The first kappa shape index (κ1) is 25.3. The monoisotopic (exact) mass is 495 g/mol. The summed E-state index contributed by atoms with van der Waals surface area (Å²) in [7, 11) is 3.67. The molecule has 3 aromatic rings. The number of aliphatic hydroxyl groups excluding tert-OH is 2. The van der Waals surface area contributed by atoms with E-state index in [4.69, 9.17) is 21.6 Å². The molecular weight excluding hydrogens is 466 g/mol. The highest BCUT2D eigenvalue weighted by molar-refractivity contribution is 5.83. The van der Waals surface area contributed by atoms with Crippen LogP contribution in [-0.2, 0) is 16.0 Å². The number of nitrogens with zero attached hydrogens (tertiary/aromatic N) is 5. The van der Waals surface area contributed by atoms with Gasteiger partial charge in [-0.15, -0.1) is 6.42 Å². The lowest BCUT2D eigenvalue weighted by Crippen LogP contribution is -2.53. The maximum absolute atomic E-state index is 12.9. The fraction of sp³-hybridized carbons (Fsp3) is 0.417. The second kappa shape index (κ2) is 10.9. The van der Waals surface area contributed by atoms with E-state index in [0.29, 0.717) is 22.7 Å². The first-order valence-electron chi connectivity index (χ1n) is 11.3. The second-order valence-electron chi connectivity index (χ2n) is 8.64. The van der Waals surface area contributed by atoms with Crippen LogP contribution in [0.15, 0.2) is 36.9 Å². The van der Waals surface area contributed by atoms with Crippen molar-refractivity contribution in [2.24, 2.45) is 5.73 Å².